The minimum Gasteiger partial charge on any atom is -0.370 e. The molecule has 0 amide bonds. The van der Waals surface area contributed by atoms with Crippen LogP contribution in [0.25, 0.3) is 0 Å². The SMILES string of the molecule is CN(Cc1ccc(Cl)cc1)c1ccc([N+](=O)[O-])c(C=O)c1. The molecule has 6 heteroatoms. The maximum atomic E-state index is 11.0. The monoisotopic (exact) mass is 304 g/mol. The van der Waals surface area contributed by atoms with Gasteiger partial charge in [0.2, 0.25) is 0 Å². The van der Waals surface area contributed by atoms with Gasteiger partial charge in [0.15, 0.2) is 6.29 Å². The van der Waals surface area contributed by atoms with E-state index >= 15 is 0 Å². The molecule has 0 aliphatic rings. The van der Waals surface area contributed by atoms with Gasteiger partial charge >= 0.3 is 0 Å². The van der Waals surface area contributed by atoms with Gasteiger partial charge < -0.3 is 4.90 Å². The lowest BCUT2D eigenvalue weighted by Crippen LogP contribution is -2.16. The number of rotatable bonds is 5. The molecule has 5 nitrogen and oxygen atoms in total. The number of hydrogen-bond acceptors (Lipinski definition) is 4. The lowest BCUT2D eigenvalue weighted by molar-refractivity contribution is -0.385. The standard InChI is InChI=1S/C15H13ClN2O3/c1-17(9-11-2-4-13(16)5-3-11)14-6-7-15(18(20)21)12(8-14)10-19/h2-8,10H,9H2,1H3. The first kappa shape index (κ1) is 15.0. The normalized spacial score (nSPS) is 10.2. The largest absolute Gasteiger partial charge is 0.370 e. The smallest absolute Gasteiger partial charge is 0.280 e. The molecular formula is C15H13ClN2O3. The Kier molecular flexibility index (Phi) is 4.55. The second-order valence-corrected chi connectivity index (χ2v) is 5.04. The van der Waals surface area contributed by atoms with Gasteiger partial charge in [-0.15, -0.1) is 0 Å². The summed E-state index contributed by atoms with van der Waals surface area (Å²) in [4.78, 5) is 23.1. The van der Waals surface area contributed by atoms with Crippen LogP contribution in [0.1, 0.15) is 15.9 Å². The van der Waals surface area contributed by atoms with Gasteiger partial charge in [0, 0.05) is 30.4 Å². The molecule has 21 heavy (non-hydrogen) atoms. The van der Waals surface area contributed by atoms with Crippen molar-refractivity contribution in [1.29, 1.82) is 0 Å². The number of hydrogen-bond donors (Lipinski definition) is 0. The van der Waals surface area contributed by atoms with E-state index in [1.54, 1.807) is 18.2 Å². The number of aldehydes is 1. The van der Waals surface area contributed by atoms with Crippen LogP contribution >= 0.6 is 11.6 Å². The lowest BCUT2D eigenvalue weighted by atomic mass is 10.1. The molecule has 0 bridgehead atoms. The van der Waals surface area contributed by atoms with Crippen molar-refractivity contribution in [3.8, 4) is 0 Å². The van der Waals surface area contributed by atoms with Crippen molar-refractivity contribution in [1.82, 2.24) is 0 Å². The minimum absolute atomic E-state index is 0.0699. The van der Waals surface area contributed by atoms with Gasteiger partial charge in [0.1, 0.15) is 0 Å². The van der Waals surface area contributed by atoms with E-state index in [0.717, 1.165) is 11.3 Å². The highest BCUT2D eigenvalue weighted by Gasteiger charge is 2.14. The Labute approximate surface area is 126 Å². The summed E-state index contributed by atoms with van der Waals surface area (Å²) in [6.07, 6.45) is 0.498. The highest BCUT2D eigenvalue weighted by atomic mass is 35.5. The third kappa shape index (κ3) is 3.58. The molecule has 2 aromatic carbocycles. The van der Waals surface area contributed by atoms with E-state index in [-0.39, 0.29) is 11.3 Å². The van der Waals surface area contributed by atoms with Crippen molar-refractivity contribution in [2.75, 3.05) is 11.9 Å². The fraction of sp³-hybridized carbons (Fsp3) is 0.133. The molecule has 0 aliphatic heterocycles. The highest BCUT2D eigenvalue weighted by molar-refractivity contribution is 6.30. The topological polar surface area (TPSA) is 63.4 Å². The summed E-state index contributed by atoms with van der Waals surface area (Å²) in [5.41, 5.74) is 1.67. The van der Waals surface area contributed by atoms with E-state index in [9.17, 15) is 14.9 Å². The first-order chi connectivity index (χ1) is 10.0. The van der Waals surface area contributed by atoms with E-state index in [1.165, 1.54) is 12.1 Å². The average Bonchev–Trinajstić information content (AvgIpc) is 2.48. The molecule has 2 rings (SSSR count). The van der Waals surface area contributed by atoms with Gasteiger partial charge in [-0.25, -0.2) is 0 Å². The predicted molar refractivity (Wildman–Crippen MR) is 82.0 cm³/mol. The Morgan fingerprint density at radius 3 is 2.48 bits per heavy atom. The first-order valence-electron chi connectivity index (χ1n) is 6.20. The van der Waals surface area contributed by atoms with Gasteiger partial charge in [-0.2, -0.15) is 0 Å². The van der Waals surface area contributed by atoms with Gasteiger partial charge in [-0.05, 0) is 29.8 Å². The molecule has 0 aromatic heterocycles. The highest BCUT2D eigenvalue weighted by Crippen LogP contribution is 2.24. The molecule has 0 unspecified atom stereocenters. The number of nitro benzene ring substituents is 1. The predicted octanol–water partition coefficient (Wildman–Crippen LogP) is 3.70. The third-order valence-electron chi connectivity index (χ3n) is 3.11. The number of benzene rings is 2. The second-order valence-electron chi connectivity index (χ2n) is 4.60. The van der Waals surface area contributed by atoms with E-state index in [2.05, 4.69) is 0 Å². The molecular weight excluding hydrogens is 292 g/mol. The molecule has 0 saturated carbocycles. The molecule has 2 aromatic rings. The number of nitrogens with zero attached hydrogens (tertiary/aromatic N) is 2. The molecule has 108 valence electrons. The summed E-state index contributed by atoms with van der Waals surface area (Å²) in [5.74, 6) is 0. The van der Waals surface area contributed by atoms with Crippen LogP contribution in [-0.4, -0.2) is 18.3 Å². The van der Waals surface area contributed by atoms with E-state index < -0.39 is 4.92 Å². The van der Waals surface area contributed by atoms with E-state index in [0.29, 0.717) is 17.9 Å². The number of carbonyl (C=O) groups is 1. The summed E-state index contributed by atoms with van der Waals surface area (Å²) < 4.78 is 0. The molecule has 0 saturated heterocycles. The number of nitro groups is 1. The molecule has 0 fully saturated rings. The summed E-state index contributed by atoms with van der Waals surface area (Å²) in [6, 6.07) is 11.9. The first-order valence-corrected chi connectivity index (χ1v) is 6.58. The second kappa shape index (κ2) is 6.37. The minimum atomic E-state index is -0.563. The van der Waals surface area contributed by atoms with E-state index in [4.69, 9.17) is 11.6 Å². The summed E-state index contributed by atoms with van der Waals surface area (Å²) in [7, 11) is 1.85. The maximum Gasteiger partial charge on any atom is 0.280 e. The molecule has 0 spiro atoms. The number of halogens is 1. The van der Waals surface area contributed by atoms with Crippen LogP contribution in [0.15, 0.2) is 42.5 Å². The van der Waals surface area contributed by atoms with Crippen molar-refractivity contribution in [2.45, 2.75) is 6.54 Å². The molecule has 0 atom stereocenters. The number of carbonyl (C=O) groups excluding carboxylic acids is 1. The van der Waals surface area contributed by atoms with Crippen LogP contribution in [0.3, 0.4) is 0 Å². The quantitative estimate of drug-likeness (QED) is 0.480. The summed E-state index contributed by atoms with van der Waals surface area (Å²) >= 11 is 5.84. The zero-order valence-electron chi connectivity index (χ0n) is 11.3. The Bertz CT molecular complexity index is 671. The van der Waals surface area contributed by atoms with Crippen molar-refractivity contribution >= 4 is 29.3 Å². The molecule has 0 radical (unpaired) electrons. The van der Waals surface area contributed by atoms with E-state index in [1.807, 2.05) is 24.1 Å². The van der Waals surface area contributed by atoms with Gasteiger partial charge in [0.25, 0.3) is 5.69 Å². The lowest BCUT2D eigenvalue weighted by Gasteiger charge is -2.19. The van der Waals surface area contributed by atoms with Crippen molar-refractivity contribution in [3.05, 3.63) is 68.7 Å². The van der Waals surface area contributed by atoms with Crippen LogP contribution in [0, 0.1) is 10.1 Å². The number of anilines is 1. The van der Waals surface area contributed by atoms with Crippen molar-refractivity contribution < 1.29 is 9.72 Å². The molecule has 0 aliphatic carbocycles. The zero-order chi connectivity index (χ0) is 15.4. The Morgan fingerprint density at radius 2 is 1.90 bits per heavy atom. The molecule has 0 N–H and O–H groups in total. The van der Waals surface area contributed by atoms with Crippen LogP contribution in [-0.2, 0) is 6.54 Å². The van der Waals surface area contributed by atoms with Crippen molar-refractivity contribution in [2.24, 2.45) is 0 Å². The average molecular weight is 305 g/mol. The van der Waals surface area contributed by atoms with Crippen LogP contribution < -0.4 is 4.90 Å². The third-order valence-corrected chi connectivity index (χ3v) is 3.36. The van der Waals surface area contributed by atoms with Crippen molar-refractivity contribution in [3.63, 3.8) is 0 Å². The maximum absolute atomic E-state index is 11.0. The Hall–Kier alpha value is -2.40. The van der Waals surface area contributed by atoms with Crippen LogP contribution in [0.2, 0.25) is 5.02 Å². The zero-order valence-corrected chi connectivity index (χ0v) is 12.1. The Morgan fingerprint density at radius 1 is 1.24 bits per heavy atom. The van der Waals surface area contributed by atoms with Gasteiger partial charge in [-0.3, -0.25) is 14.9 Å². The fourth-order valence-corrected chi connectivity index (χ4v) is 2.12. The van der Waals surface area contributed by atoms with Crippen LogP contribution in [0.4, 0.5) is 11.4 Å². The Balaban J connectivity index is 2.23. The summed E-state index contributed by atoms with van der Waals surface area (Å²) in [6.45, 7) is 0.604. The van der Waals surface area contributed by atoms with Gasteiger partial charge in [-0.1, -0.05) is 23.7 Å². The summed E-state index contributed by atoms with van der Waals surface area (Å²) in [5, 5.41) is 11.5. The van der Waals surface area contributed by atoms with Gasteiger partial charge in [0.05, 0.1) is 10.5 Å². The van der Waals surface area contributed by atoms with Crippen LogP contribution in [0.5, 0.6) is 0 Å². The molecule has 0 heterocycles. The fourth-order valence-electron chi connectivity index (χ4n) is 1.99.